The zero-order chi connectivity index (χ0) is 79.9. The molecule has 6 N–H and O–H groups in total. The topological polar surface area (TPSA) is 309 Å². The van der Waals surface area contributed by atoms with Gasteiger partial charge in [0.05, 0.1) is 73.2 Å². The summed E-state index contributed by atoms with van der Waals surface area (Å²) in [5, 5.41) is 18.2. The van der Waals surface area contributed by atoms with E-state index in [0.717, 1.165) is 189 Å². The summed E-state index contributed by atoms with van der Waals surface area (Å²) in [6.07, 6.45) is 30.8. The summed E-state index contributed by atoms with van der Waals surface area (Å²) in [6.45, 7) is 7.85. The van der Waals surface area contributed by atoms with E-state index >= 15 is 0 Å². The van der Waals surface area contributed by atoms with Gasteiger partial charge in [0, 0.05) is 101 Å². The Morgan fingerprint density at radius 3 is 0.974 bits per heavy atom. The van der Waals surface area contributed by atoms with Gasteiger partial charge in [-0.05, 0) is 210 Å². The van der Waals surface area contributed by atoms with Gasteiger partial charge in [-0.3, -0.25) is 34.2 Å². The zero-order valence-corrected chi connectivity index (χ0v) is 68.0. The van der Waals surface area contributed by atoms with Crippen molar-refractivity contribution < 1.29 is 43.0 Å². The molecule has 0 bridgehead atoms. The van der Waals surface area contributed by atoms with Crippen LogP contribution in [0.5, 0.6) is 17.2 Å². The third kappa shape index (κ3) is 16.7. The van der Waals surface area contributed by atoms with Crippen LogP contribution < -0.4 is 75.6 Å². The monoisotopic (exact) mass is 1570 g/mol. The van der Waals surface area contributed by atoms with Crippen LogP contribution in [-0.2, 0) is 14.4 Å². The van der Waals surface area contributed by atoms with E-state index < -0.39 is 0 Å². The number of carbonyl (C=O) groups is 6. The minimum absolute atomic E-state index is 0.0930. The first-order valence-corrected chi connectivity index (χ1v) is 41.9. The van der Waals surface area contributed by atoms with Gasteiger partial charge in [0.1, 0.15) is 34.3 Å². The number of likely N-dealkylation sites (tertiary alicyclic amines) is 2. The lowest BCUT2D eigenvalue weighted by Crippen LogP contribution is -2.43. The van der Waals surface area contributed by atoms with Crippen molar-refractivity contribution in [3.8, 4) is 17.2 Å². The second kappa shape index (κ2) is 33.2. The molecule has 612 valence electrons. The van der Waals surface area contributed by atoms with Gasteiger partial charge >= 0.3 is 0 Å². The lowest BCUT2D eigenvalue weighted by molar-refractivity contribution is -0.123. The molecule has 3 aromatic carbocycles. The molecule has 3 aromatic heterocycles. The van der Waals surface area contributed by atoms with Crippen LogP contribution in [0.2, 0.25) is 0 Å². The fraction of sp³-hybridized carbons (Fsp3) is 0.576. The summed E-state index contributed by atoms with van der Waals surface area (Å²) in [5.41, 5.74) is 8.03. The first kappa shape index (κ1) is 78.7. The maximum atomic E-state index is 13.3. The van der Waals surface area contributed by atoms with E-state index in [-0.39, 0.29) is 63.8 Å². The molecule has 6 aromatic rings. The van der Waals surface area contributed by atoms with E-state index in [1.165, 1.54) is 38.5 Å². The van der Waals surface area contributed by atoms with Crippen molar-refractivity contribution in [1.29, 1.82) is 0 Å². The van der Waals surface area contributed by atoms with Gasteiger partial charge in [-0.15, -0.1) is 0 Å². The fourth-order valence-electron chi connectivity index (χ4n) is 18.6. The first-order valence-electron chi connectivity index (χ1n) is 41.9. The number of nitrogens with one attached hydrogen (secondary N) is 6. The Labute approximate surface area is 673 Å². The van der Waals surface area contributed by atoms with E-state index in [0.29, 0.717) is 107 Å². The number of hydrogen-bond acceptors (Lipinski definition) is 24. The van der Waals surface area contributed by atoms with Gasteiger partial charge in [-0.1, -0.05) is 38.5 Å². The van der Waals surface area contributed by atoms with Gasteiger partial charge in [0.15, 0.2) is 17.5 Å². The number of rotatable bonds is 18. The van der Waals surface area contributed by atoms with Gasteiger partial charge < -0.3 is 80.0 Å². The maximum Gasteiger partial charge on any atom is 0.265 e. The van der Waals surface area contributed by atoms with Crippen LogP contribution in [0.15, 0.2) is 73.2 Å². The molecular weight excluding hydrogens is 1460 g/mol. The molecule has 30 heteroatoms. The minimum atomic E-state index is -0.293. The van der Waals surface area contributed by atoms with Crippen molar-refractivity contribution in [2.75, 3.05) is 161 Å². The molecule has 0 radical (unpaired) electrons. The lowest BCUT2D eigenvalue weighted by atomic mass is 10.0. The molecular formula is C85H113N21O9. The van der Waals surface area contributed by atoms with Crippen LogP contribution in [0.4, 0.5) is 69.4 Å². The number of hydrogen-bond donors (Lipinski definition) is 6. The number of carbonyl (C=O) groups excluding carboxylic acids is 6. The molecule has 0 unspecified atom stereocenters. The normalized spacial score (nSPS) is 21.4. The predicted molar refractivity (Wildman–Crippen MR) is 443 cm³/mol. The highest BCUT2D eigenvalue weighted by Gasteiger charge is 2.58. The number of ether oxygens (including phenoxy) is 3. The second-order valence-electron chi connectivity index (χ2n) is 34.2. The largest absolute Gasteiger partial charge is 0.495 e. The average molecular weight is 1570 g/mol. The van der Waals surface area contributed by atoms with Gasteiger partial charge in [-0.25, -0.2) is 20.0 Å². The van der Waals surface area contributed by atoms with Gasteiger partial charge in [0.2, 0.25) is 35.6 Å². The predicted octanol–water partition coefficient (Wildman–Crippen LogP) is 10.6. The summed E-state index contributed by atoms with van der Waals surface area (Å²) in [5.74, 6) is 5.53. The number of anilines is 12. The Kier molecular flexibility index (Phi) is 22.7. The van der Waals surface area contributed by atoms with Crippen molar-refractivity contribution in [1.82, 2.24) is 60.8 Å². The smallest absolute Gasteiger partial charge is 0.265 e. The summed E-state index contributed by atoms with van der Waals surface area (Å²) >= 11 is 0. The highest BCUT2D eigenvalue weighted by Crippen LogP contribution is 2.56. The number of methoxy groups -OCH3 is 3. The zero-order valence-electron chi connectivity index (χ0n) is 68.0. The number of fused-ring (bicyclic) bond motifs is 3. The number of nitrogens with zero attached hydrogens (tertiary/aromatic N) is 15. The summed E-state index contributed by atoms with van der Waals surface area (Å²) in [7, 11) is 14.5. The Morgan fingerprint density at radius 2 is 0.687 bits per heavy atom. The van der Waals surface area contributed by atoms with Crippen molar-refractivity contribution >= 4 is 105 Å². The van der Waals surface area contributed by atoms with Crippen molar-refractivity contribution in [2.24, 2.45) is 16.2 Å². The molecule has 6 aliphatic heterocycles. The molecule has 9 fully saturated rings. The third-order valence-electron chi connectivity index (χ3n) is 26.3. The van der Waals surface area contributed by atoms with Crippen LogP contribution in [0.3, 0.4) is 0 Å². The third-order valence-corrected chi connectivity index (χ3v) is 26.3. The van der Waals surface area contributed by atoms with Crippen LogP contribution >= 0.6 is 0 Å². The van der Waals surface area contributed by atoms with E-state index in [4.69, 9.17) is 29.2 Å². The molecule has 3 saturated heterocycles. The fourth-order valence-corrected chi connectivity index (χ4v) is 18.6. The van der Waals surface area contributed by atoms with Crippen molar-refractivity contribution in [3.63, 3.8) is 0 Å². The van der Waals surface area contributed by atoms with E-state index in [1.54, 1.807) is 91.0 Å². The summed E-state index contributed by atoms with van der Waals surface area (Å²) in [6, 6.07) is 17.6. The molecule has 115 heavy (non-hydrogen) atoms. The Morgan fingerprint density at radius 1 is 0.391 bits per heavy atom. The highest BCUT2D eigenvalue weighted by atomic mass is 16.5. The lowest BCUT2D eigenvalue weighted by Gasteiger charge is -2.31. The molecule has 18 rings (SSSR count). The quantitative estimate of drug-likeness (QED) is 0.0466. The van der Waals surface area contributed by atoms with Crippen molar-refractivity contribution in [3.05, 3.63) is 89.9 Å². The molecule has 3 spiro atoms. The number of aromatic nitrogens is 6. The molecule has 6 amide bonds. The molecule has 6 aliphatic carbocycles. The standard InChI is InChI=1S/2C29H39N7O3.C27H35N7O3/c2*1-34-14-10-20(11-15-34)31-26(37)19-8-9-22(24(16-19)39-3)32-28-30-17-23-25(33-28)36(21-6-4-5-7-21)18-29(12-13-29)27(38)35(23)2;1-32-21-16-28-26(30-23(21)34(19-7-3-4-8-19)17-27(11-12-27)25(32)36)29-20-10-9-18(15-22(20)37-2)24(35)31-33-13-5-6-14-33/h2*8-9,16-17,20-21H,4-7,10-15,18H2,1-3H3,(H,31,37)(H,30,32,33);9-10,15-16,19H,3-8,11-14,17H2,1-2H3,(H,31,35)(H,28,29,30). The van der Waals surface area contributed by atoms with Gasteiger partial charge in [0.25, 0.3) is 17.7 Å². The highest BCUT2D eigenvalue weighted by molar-refractivity contribution is 6.05. The number of piperidine rings is 2. The molecule has 30 nitrogen and oxygen atoms in total. The van der Waals surface area contributed by atoms with E-state index in [2.05, 4.69) is 85.6 Å². The average Bonchev–Trinajstić information content (AvgIpc) is 1.58. The SMILES string of the molecule is COc1cc(C(=O)NC2CCN(C)CC2)ccc1Nc1ncc2c(n1)N(C1CCCC1)CC1(CC1)C(=O)N2C.COc1cc(C(=O)NC2CCN(C)CC2)ccc1Nc1ncc2c(n1)N(C1CCCC1)CC1(CC1)C(=O)N2C.COc1cc(C(=O)NN2CCCC2)ccc1Nc1ncc2c(n1)N(C1CCCC1)CC1(CC1)C(=O)N2C. The molecule has 6 saturated carbocycles. The van der Waals surface area contributed by atoms with Crippen LogP contribution in [0.25, 0.3) is 0 Å². The maximum absolute atomic E-state index is 13.3. The van der Waals surface area contributed by atoms with E-state index in [9.17, 15) is 28.8 Å². The van der Waals surface area contributed by atoms with Crippen molar-refractivity contribution in [2.45, 2.75) is 184 Å². The minimum Gasteiger partial charge on any atom is -0.495 e. The Hall–Kier alpha value is -10.2. The molecule has 9 heterocycles. The Bertz CT molecular complexity index is 4420. The van der Waals surface area contributed by atoms with Gasteiger partial charge in [-0.2, -0.15) is 15.0 Å². The molecule has 0 atom stereocenters. The second-order valence-corrected chi connectivity index (χ2v) is 34.2. The summed E-state index contributed by atoms with van der Waals surface area (Å²) < 4.78 is 16.9. The summed E-state index contributed by atoms with van der Waals surface area (Å²) in [4.78, 5) is 124. The van der Waals surface area contributed by atoms with Crippen LogP contribution in [-0.4, -0.2) is 226 Å². The number of benzene rings is 3. The number of hydrazine groups is 1. The van der Waals surface area contributed by atoms with E-state index in [1.807, 2.05) is 44.4 Å². The Balaban J connectivity index is 0.000000130. The van der Waals surface area contributed by atoms with Crippen LogP contribution in [0, 0.1) is 16.2 Å². The number of amides is 6. The first-order chi connectivity index (χ1) is 55.7. The van der Waals surface area contributed by atoms with Crippen LogP contribution in [0.1, 0.15) is 185 Å². The molecule has 12 aliphatic rings.